The van der Waals surface area contributed by atoms with Crippen LogP contribution in [0.15, 0.2) is 66.4 Å². The fraction of sp³-hybridized carbons (Fsp3) is 0.250. The van der Waals surface area contributed by atoms with Crippen LogP contribution in [0, 0.1) is 5.92 Å². The van der Waals surface area contributed by atoms with E-state index in [1.807, 2.05) is 13.8 Å². The van der Waals surface area contributed by atoms with Crippen LogP contribution in [0.4, 0.5) is 0 Å². The molecule has 1 fully saturated rings. The number of hydrogen-bond acceptors (Lipinski definition) is 6. The number of Topliss-reactive ketones (excluding diaryl/α,β-unsaturated/α-hetero) is 1. The van der Waals surface area contributed by atoms with E-state index in [1.165, 1.54) is 24.1 Å². The van der Waals surface area contributed by atoms with Gasteiger partial charge in [-0.1, -0.05) is 55.2 Å². The smallest absolute Gasteiger partial charge is 0.296 e. The molecule has 192 valence electrons. The summed E-state index contributed by atoms with van der Waals surface area (Å²) >= 11 is 12.5. The SMILES string of the molecule is COc1c(Cl)cc(Cl)cc1/C(O)=C1\C(=O)C(=O)N(Cc2ccccn2)C1c1cccc(OCC(C)C)c1. The predicted molar refractivity (Wildman–Crippen MR) is 142 cm³/mol. The molecule has 2 aromatic carbocycles. The Morgan fingerprint density at radius 3 is 2.57 bits per heavy atom. The number of rotatable bonds is 8. The van der Waals surface area contributed by atoms with E-state index in [4.69, 9.17) is 32.7 Å². The number of halogens is 2. The van der Waals surface area contributed by atoms with Gasteiger partial charge in [-0.2, -0.15) is 0 Å². The zero-order valence-corrected chi connectivity index (χ0v) is 22.1. The maximum Gasteiger partial charge on any atom is 0.296 e. The number of aromatic nitrogens is 1. The molecule has 1 aliphatic rings. The number of carbonyl (C=O) groups is 2. The Balaban J connectivity index is 1.90. The van der Waals surface area contributed by atoms with E-state index in [0.717, 1.165) is 0 Å². The molecule has 1 amide bonds. The fourth-order valence-corrected chi connectivity index (χ4v) is 4.75. The minimum atomic E-state index is -0.924. The van der Waals surface area contributed by atoms with Crippen molar-refractivity contribution in [2.45, 2.75) is 26.4 Å². The molecular weight excluding hydrogens is 515 g/mol. The number of aliphatic hydroxyl groups excluding tert-OH is 1. The van der Waals surface area contributed by atoms with Crippen molar-refractivity contribution in [1.29, 1.82) is 0 Å². The molecule has 7 nitrogen and oxygen atoms in total. The van der Waals surface area contributed by atoms with E-state index in [-0.39, 0.29) is 33.5 Å². The van der Waals surface area contributed by atoms with Crippen molar-refractivity contribution in [3.05, 3.63) is 93.2 Å². The Labute approximate surface area is 225 Å². The van der Waals surface area contributed by atoms with Gasteiger partial charge in [-0.05, 0) is 47.9 Å². The number of amides is 1. The maximum atomic E-state index is 13.4. The molecule has 2 heterocycles. The molecular formula is C28H26Cl2N2O5. The van der Waals surface area contributed by atoms with Crippen molar-refractivity contribution in [2.75, 3.05) is 13.7 Å². The van der Waals surface area contributed by atoms with Crippen LogP contribution in [0.2, 0.25) is 10.0 Å². The zero-order valence-electron chi connectivity index (χ0n) is 20.6. The van der Waals surface area contributed by atoms with Crippen molar-refractivity contribution in [1.82, 2.24) is 9.88 Å². The lowest BCUT2D eigenvalue weighted by atomic mass is 9.94. The lowest BCUT2D eigenvalue weighted by molar-refractivity contribution is -0.140. The molecule has 0 bridgehead atoms. The summed E-state index contributed by atoms with van der Waals surface area (Å²) in [6.45, 7) is 4.62. The summed E-state index contributed by atoms with van der Waals surface area (Å²) in [7, 11) is 1.39. The van der Waals surface area contributed by atoms with Crippen molar-refractivity contribution >= 4 is 40.7 Å². The number of ketones is 1. The van der Waals surface area contributed by atoms with Crippen LogP contribution < -0.4 is 9.47 Å². The lowest BCUT2D eigenvalue weighted by Crippen LogP contribution is -2.29. The molecule has 0 aliphatic carbocycles. The summed E-state index contributed by atoms with van der Waals surface area (Å²) in [6.07, 6.45) is 1.61. The van der Waals surface area contributed by atoms with Gasteiger partial charge in [-0.15, -0.1) is 0 Å². The van der Waals surface area contributed by atoms with E-state index in [1.54, 1.807) is 48.7 Å². The van der Waals surface area contributed by atoms with Gasteiger partial charge in [0.2, 0.25) is 0 Å². The van der Waals surface area contributed by atoms with E-state index in [0.29, 0.717) is 29.5 Å². The Morgan fingerprint density at radius 2 is 1.89 bits per heavy atom. The first-order valence-electron chi connectivity index (χ1n) is 11.7. The largest absolute Gasteiger partial charge is 0.507 e. The molecule has 1 aromatic heterocycles. The predicted octanol–water partition coefficient (Wildman–Crippen LogP) is 6.05. The van der Waals surface area contributed by atoms with E-state index >= 15 is 0 Å². The maximum absolute atomic E-state index is 13.4. The average molecular weight is 541 g/mol. The Hall–Kier alpha value is -3.55. The zero-order chi connectivity index (χ0) is 26.7. The van der Waals surface area contributed by atoms with Gasteiger partial charge in [0, 0.05) is 11.2 Å². The highest BCUT2D eigenvalue weighted by atomic mass is 35.5. The Morgan fingerprint density at radius 1 is 1.11 bits per heavy atom. The molecule has 1 saturated heterocycles. The van der Waals surface area contributed by atoms with Crippen LogP contribution in [0.5, 0.6) is 11.5 Å². The average Bonchev–Trinajstić information content (AvgIpc) is 3.12. The minimum absolute atomic E-state index is 0.0530. The lowest BCUT2D eigenvalue weighted by Gasteiger charge is -2.25. The topological polar surface area (TPSA) is 89.0 Å². The van der Waals surface area contributed by atoms with Crippen LogP contribution >= 0.6 is 23.2 Å². The first-order valence-corrected chi connectivity index (χ1v) is 12.4. The fourth-order valence-electron chi connectivity index (χ4n) is 4.18. The highest BCUT2D eigenvalue weighted by Gasteiger charge is 2.46. The third-order valence-electron chi connectivity index (χ3n) is 5.82. The van der Waals surface area contributed by atoms with Crippen LogP contribution in [0.3, 0.4) is 0 Å². The number of hydrogen-bond donors (Lipinski definition) is 1. The first-order chi connectivity index (χ1) is 17.7. The number of methoxy groups -OCH3 is 1. The van der Waals surface area contributed by atoms with Crippen LogP contribution in [-0.4, -0.2) is 40.4 Å². The standard InChI is InChI=1S/C28H26Cl2N2O5/c1-16(2)15-37-20-9-6-7-17(11-20)24-23(25(33)21-12-18(29)13-22(30)27(21)36-3)26(34)28(35)32(24)14-19-8-4-5-10-31-19/h4-13,16,24,33H,14-15H2,1-3H3/b25-23+. The summed E-state index contributed by atoms with van der Waals surface area (Å²) in [5.41, 5.74) is 1.17. The highest BCUT2D eigenvalue weighted by Crippen LogP contribution is 2.44. The Kier molecular flexibility index (Phi) is 8.05. The number of nitrogens with zero attached hydrogens (tertiary/aromatic N) is 2. The monoisotopic (exact) mass is 540 g/mol. The molecule has 1 N–H and O–H groups in total. The van der Waals surface area contributed by atoms with Crippen molar-refractivity contribution in [3.8, 4) is 11.5 Å². The Bertz CT molecular complexity index is 1360. The van der Waals surface area contributed by atoms with Gasteiger partial charge in [-0.25, -0.2) is 0 Å². The van der Waals surface area contributed by atoms with E-state index in [2.05, 4.69) is 4.98 Å². The molecule has 3 aromatic rings. The number of benzene rings is 2. The highest BCUT2D eigenvalue weighted by molar-refractivity contribution is 6.46. The number of carbonyl (C=O) groups excluding carboxylic acids is 2. The van der Waals surface area contributed by atoms with Gasteiger partial charge in [0.15, 0.2) is 0 Å². The normalized spacial score (nSPS) is 16.9. The van der Waals surface area contributed by atoms with E-state index in [9.17, 15) is 14.7 Å². The summed E-state index contributed by atoms with van der Waals surface area (Å²) in [6, 6.07) is 14.4. The second-order valence-corrected chi connectivity index (χ2v) is 9.84. The molecule has 0 spiro atoms. The van der Waals surface area contributed by atoms with Crippen molar-refractivity contribution < 1.29 is 24.2 Å². The second kappa shape index (κ2) is 11.2. The minimum Gasteiger partial charge on any atom is -0.507 e. The number of aliphatic hydroxyl groups is 1. The van der Waals surface area contributed by atoms with Gasteiger partial charge >= 0.3 is 0 Å². The quantitative estimate of drug-likeness (QED) is 0.212. The molecule has 1 atom stereocenters. The van der Waals surface area contributed by atoms with E-state index < -0.39 is 23.5 Å². The van der Waals surface area contributed by atoms with Gasteiger partial charge in [0.05, 0.1) is 48.2 Å². The molecule has 4 rings (SSSR count). The van der Waals surface area contributed by atoms with Crippen molar-refractivity contribution in [2.24, 2.45) is 5.92 Å². The van der Waals surface area contributed by atoms with Crippen LogP contribution in [-0.2, 0) is 16.1 Å². The third kappa shape index (κ3) is 5.58. The molecule has 1 unspecified atom stereocenters. The van der Waals surface area contributed by atoms with Gasteiger partial charge in [0.25, 0.3) is 11.7 Å². The summed E-state index contributed by atoms with van der Waals surface area (Å²) < 4.78 is 11.3. The molecule has 9 heteroatoms. The van der Waals surface area contributed by atoms with Gasteiger partial charge in [0.1, 0.15) is 17.3 Å². The summed E-state index contributed by atoms with van der Waals surface area (Å²) in [4.78, 5) is 32.4. The van der Waals surface area contributed by atoms with Crippen molar-refractivity contribution in [3.63, 3.8) is 0 Å². The molecule has 1 aliphatic heterocycles. The second-order valence-electron chi connectivity index (χ2n) is 8.99. The molecule has 0 saturated carbocycles. The van der Waals surface area contributed by atoms with Crippen LogP contribution in [0.25, 0.3) is 5.76 Å². The number of pyridine rings is 1. The number of ether oxygens (including phenoxy) is 2. The first kappa shape index (κ1) is 26.5. The van der Waals surface area contributed by atoms with Crippen LogP contribution in [0.1, 0.15) is 36.7 Å². The third-order valence-corrected chi connectivity index (χ3v) is 6.32. The summed E-state index contributed by atoms with van der Waals surface area (Å²) in [5, 5.41) is 11.9. The summed E-state index contributed by atoms with van der Waals surface area (Å²) in [5.74, 6) is -1.03. The molecule has 37 heavy (non-hydrogen) atoms. The number of likely N-dealkylation sites (tertiary alicyclic amines) is 1. The molecule has 0 radical (unpaired) electrons. The van der Waals surface area contributed by atoms with Gasteiger partial charge < -0.3 is 19.5 Å². The van der Waals surface area contributed by atoms with Gasteiger partial charge in [-0.3, -0.25) is 14.6 Å².